The van der Waals surface area contributed by atoms with Crippen LogP contribution in [0.3, 0.4) is 0 Å². The Kier molecular flexibility index (Phi) is 13.6. The van der Waals surface area contributed by atoms with Gasteiger partial charge in [0.05, 0.1) is 6.54 Å². The molecule has 0 bridgehead atoms. The third-order valence-electron chi connectivity index (χ3n) is 4.99. The number of nitrogens with one attached hydrogen (secondary N) is 1. The molecule has 0 spiro atoms. The SMILES string of the molecule is C=CCCCCCN(C)C(=NCC1(N(C)C)CCOCC1)NCC.I. The van der Waals surface area contributed by atoms with Gasteiger partial charge in [-0.2, -0.15) is 0 Å². The second-order valence-electron chi connectivity index (χ2n) is 6.96. The van der Waals surface area contributed by atoms with Crippen LogP contribution in [-0.2, 0) is 4.74 Å². The van der Waals surface area contributed by atoms with E-state index in [2.05, 4.69) is 49.8 Å². The van der Waals surface area contributed by atoms with Crippen molar-refractivity contribution in [2.75, 3.05) is 54.0 Å². The molecule has 0 amide bonds. The lowest BCUT2D eigenvalue weighted by Gasteiger charge is -2.42. The first-order valence-electron chi connectivity index (χ1n) is 9.41. The minimum atomic E-state index is 0. The van der Waals surface area contributed by atoms with Crippen molar-refractivity contribution in [2.24, 2.45) is 4.99 Å². The molecule has 6 heteroatoms. The van der Waals surface area contributed by atoms with E-state index in [0.29, 0.717) is 0 Å². The molecule has 25 heavy (non-hydrogen) atoms. The van der Waals surface area contributed by atoms with Gasteiger partial charge in [-0.05, 0) is 53.1 Å². The Balaban J connectivity index is 0.00000576. The van der Waals surface area contributed by atoms with Crippen LogP contribution in [-0.4, -0.2) is 75.3 Å². The van der Waals surface area contributed by atoms with Crippen LogP contribution in [0.15, 0.2) is 17.6 Å². The number of halogens is 1. The van der Waals surface area contributed by atoms with Crippen LogP contribution in [0.5, 0.6) is 0 Å². The third-order valence-corrected chi connectivity index (χ3v) is 4.99. The van der Waals surface area contributed by atoms with Crippen LogP contribution in [0.25, 0.3) is 0 Å². The zero-order chi connectivity index (χ0) is 17.8. The molecule has 1 aliphatic heterocycles. The first-order chi connectivity index (χ1) is 11.6. The highest BCUT2D eigenvalue weighted by molar-refractivity contribution is 14.0. The van der Waals surface area contributed by atoms with E-state index in [-0.39, 0.29) is 29.5 Å². The maximum absolute atomic E-state index is 5.55. The number of rotatable bonds is 10. The molecule has 0 unspecified atom stereocenters. The molecule has 0 atom stereocenters. The highest BCUT2D eigenvalue weighted by atomic mass is 127. The Labute approximate surface area is 172 Å². The Bertz CT molecular complexity index is 382. The van der Waals surface area contributed by atoms with E-state index < -0.39 is 0 Å². The number of allylic oxidation sites excluding steroid dienone is 1. The van der Waals surface area contributed by atoms with Gasteiger partial charge in [-0.15, -0.1) is 30.6 Å². The molecule has 5 nitrogen and oxygen atoms in total. The normalized spacial score (nSPS) is 17.1. The first-order valence-corrected chi connectivity index (χ1v) is 9.41. The van der Waals surface area contributed by atoms with E-state index in [1.54, 1.807) is 0 Å². The number of guanidine groups is 1. The highest BCUT2D eigenvalue weighted by Crippen LogP contribution is 2.26. The molecular formula is C19H39IN4O. The van der Waals surface area contributed by atoms with Gasteiger partial charge in [0.25, 0.3) is 0 Å². The van der Waals surface area contributed by atoms with Gasteiger partial charge in [0, 0.05) is 38.9 Å². The number of ether oxygens (including phenoxy) is 1. The maximum atomic E-state index is 5.55. The van der Waals surface area contributed by atoms with E-state index in [1.807, 2.05) is 6.08 Å². The van der Waals surface area contributed by atoms with Crippen molar-refractivity contribution in [3.8, 4) is 0 Å². The van der Waals surface area contributed by atoms with Gasteiger partial charge in [-0.3, -0.25) is 4.99 Å². The van der Waals surface area contributed by atoms with Crippen molar-refractivity contribution in [3.05, 3.63) is 12.7 Å². The molecule has 1 aliphatic rings. The Morgan fingerprint density at radius 3 is 2.44 bits per heavy atom. The van der Waals surface area contributed by atoms with Crippen molar-refractivity contribution < 1.29 is 4.74 Å². The summed E-state index contributed by atoms with van der Waals surface area (Å²) in [5, 5.41) is 3.44. The summed E-state index contributed by atoms with van der Waals surface area (Å²) < 4.78 is 5.55. The number of hydrogen-bond acceptors (Lipinski definition) is 3. The summed E-state index contributed by atoms with van der Waals surface area (Å²) in [5.41, 5.74) is 0.129. The predicted molar refractivity (Wildman–Crippen MR) is 119 cm³/mol. The number of aliphatic imine (C=N–C) groups is 1. The molecule has 1 heterocycles. The van der Waals surface area contributed by atoms with Crippen molar-refractivity contribution in [3.63, 3.8) is 0 Å². The smallest absolute Gasteiger partial charge is 0.193 e. The number of likely N-dealkylation sites (N-methyl/N-ethyl adjacent to an activating group) is 1. The van der Waals surface area contributed by atoms with Gasteiger partial charge < -0.3 is 19.9 Å². The summed E-state index contributed by atoms with van der Waals surface area (Å²) in [7, 11) is 6.47. The zero-order valence-electron chi connectivity index (χ0n) is 16.7. The second-order valence-corrected chi connectivity index (χ2v) is 6.96. The molecule has 1 saturated heterocycles. The fourth-order valence-corrected chi connectivity index (χ4v) is 3.11. The summed E-state index contributed by atoms with van der Waals surface area (Å²) in [6, 6.07) is 0. The van der Waals surface area contributed by atoms with E-state index in [9.17, 15) is 0 Å². The lowest BCUT2D eigenvalue weighted by atomic mass is 9.89. The van der Waals surface area contributed by atoms with E-state index in [1.165, 1.54) is 19.3 Å². The topological polar surface area (TPSA) is 40.1 Å². The van der Waals surface area contributed by atoms with Crippen LogP contribution in [0, 0.1) is 0 Å². The molecule has 0 aromatic heterocycles. The summed E-state index contributed by atoms with van der Waals surface area (Å²) in [4.78, 5) is 9.56. The monoisotopic (exact) mass is 466 g/mol. The van der Waals surface area contributed by atoms with Gasteiger partial charge in [0.15, 0.2) is 5.96 Å². The predicted octanol–water partition coefficient (Wildman–Crippen LogP) is 3.36. The zero-order valence-corrected chi connectivity index (χ0v) is 19.1. The molecule has 1 fully saturated rings. The van der Waals surface area contributed by atoms with Crippen molar-refractivity contribution in [2.45, 2.75) is 51.0 Å². The molecule has 0 saturated carbocycles. The van der Waals surface area contributed by atoms with E-state index in [0.717, 1.165) is 58.1 Å². The minimum Gasteiger partial charge on any atom is -0.381 e. The first kappa shape index (κ1) is 24.7. The van der Waals surface area contributed by atoms with Crippen molar-refractivity contribution in [1.82, 2.24) is 15.1 Å². The quantitative estimate of drug-likeness (QED) is 0.176. The molecule has 0 aliphatic carbocycles. The third kappa shape index (κ3) is 8.73. The van der Waals surface area contributed by atoms with Gasteiger partial charge in [-0.1, -0.05) is 12.5 Å². The van der Waals surface area contributed by atoms with Gasteiger partial charge in [0.2, 0.25) is 0 Å². The molecule has 148 valence electrons. The fraction of sp³-hybridized carbons (Fsp3) is 0.842. The number of unbranched alkanes of at least 4 members (excludes halogenated alkanes) is 3. The largest absolute Gasteiger partial charge is 0.381 e. The Hall–Kier alpha value is -0.340. The summed E-state index contributed by atoms with van der Waals surface area (Å²) in [5.74, 6) is 1.02. The van der Waals surface area contributed by atoms with E-state index in [4.69, 9.17) is 9.73 Å². The molecule has 1 rings (SSSR count). The fourth-order valence-electron chi connectivity index (χ4n) is 3.11. The highest BCUT2D eigenvalue weighted by Gasteiger charge is 2.34. The molecule has 0 aromatic rings. The van der Waals surface area contributed by atoms with Crippen LogP contribution in [0.4, 0.5) is 0 Å². The van der Waals surface area contributed by atoms with Gasteiger partial charge >= 0.3 is 0 Å². The average molecular weight is 466 g/mol. The molecule has 1 N–H and O–H groups in total. The summed E-state index contributed by atoms with van der Waals surface area (Å²) in [6.07, 6.45) is 8.89. The maximum Gasteiger partial charge on any atom is 0.193 e. The van der Waals surface area contributed by atoms with Crippen LogP contribution in [0.1, 0.15) is 45.4 Å². The lowest BCUT2D eigenvalue weighted by Crippen LogP contribution is -2.52. The number of nitrogens with zero attached hydrogens (tertiary/aromatic N) is 3. The summed E-state index contributed by atoms with van der Waals surface area (Å²) >= 11 is 0. The lowest BCUT2D eigenvalue weighted by molar-refractivity contribution is -0.00262. The van der Waals surface area contributed by atoms with Gasteiger partial charge in [0.1, 0.15) is 0 Å². The molecule has 0 aromatic carbocycles. The second kappa shape index (κ2) is 13.8. The minimum absolute atomic E-state index is 0. The Morgan fingerprint density at radius 2 is 1.88 bits per heavy atom. The summed E-state index contributed by atoms with van der Waals surface area (Å²) in [6.45, 7) is 10.4. The average Bonchev–Trinajstić information content (AvgIpc) is 2.59. The van der Waals surface area contributed by atoms with Crippen LogP contribution < -0.4 is 5.32 Å². The van der Waals surface area contributed by atoms with Crippen LogP contribution in [0.2, 0.25) is 0 Å². The van der Waals surface area contributed by atoms with Crippen molar-refractivity contribution in [1.29, 1.82) is 0 Å². The van der Waals surface area contributed by atoms with Crippen LogP contribution >= 0.6 is 24.0 Å². The number of hydrogen-bond donors (Lipinski definition) is 1. The Morgan fingerprint density at radius 1 is 1.20 bits per heavy atom. The molecule has 0 radical (unpaired) electrons. The standard InChI is InChI=1S/C19H38N4O.HI/c1-6-8-9-10-11-14-23(5)18(20-7-2)21-17-19(22(3)4)12-15-24-16-13-19;/h6H,1,7-17H2,2-5H3,(H,20,21);1H. The van der Waals surface area contributed by atoms with Crippen molar-refractivity contribution >= 4 is 29.9 Å². The van der Waals surface area contributed by atoms with E-state index >= 15 is 0 Å². The van der Waals surface area contributed by atoms with Gasteiger partial charge in [-0.25, -0.2) is 0 Å². The molecular weight excluding hydrogens is 427 g/mol.